The lowest BCUT2D eigenvalue weighted by Crippen LogP contribution is -3.28. The summed E-state index contributed by atoms with van der Waals surface area (Å²) >= 11 is 0. The number of carbonyl (C=O) groups excluding carboxylic acids is 1. The van der Waals surface area contributed by atoms with Crippen molar-refractivity contribution in [2.24, 2.45) is 0 Å². The highest BCUT2D eigenvalue weighted by Gasteiger charge is 2.24. The van der Waals surface area contributed by atoms with Crippen LogP contribution in [0.1, 0.15) is 18.1 Å². The van der Waals surface area contributed by atoms with Gasteiger partial charge in [-0.2, -0.15) is 0 Å². The van der Waals surface area contributed by atoms with Gasteiger partial charge in [0.2, 0.25) is 0 Å². The second-order valence-corrected chi connectivity index (χ2v) is 7.35. The first-order valence-corrected chi connectivity index (χ1v) is 9.88. The van der Waals surface area contributed by atoms with E-state index in [4.69, 9.17) is 4.74 Å². The maximum Gasteiger partial charge on any atom is 0.279 e. The van der Waals surface area contributed by atoms with E-state index in [-0.39, 0.29) is 5.91 Å². The van der Waals surface area contributed by atoms with Crippen molar-refractivity contribution in [3.63, 3.8) is 0 Å². The van der Waals surface area contributed by atoms with Crippen LogP contribution in [0, 0.1) is 6.92 Å². The number of piperazine rings is 1. The van der Waals surface area contributed by atoms with Crippen LogP contribution in [0.25, 0.3) is 0 Å². The summed E-state index contributed by atoms with van der Waals surface area (Å²) in [5.41, 5.74) is 3.55. The Morgan fingerprint density at radius 1 is 1.04 bits per heavy atom. The van der Waals surface area contributed by atoms with Gasteiger partial charge in [-0.25, -0.2) is 0 Å². The fraction of sp³-hybridized carbons (Fsp3) is 0.409. The minimum absolute atomic E-state index is 0.0799. The van der Waals surface area contributed by atoms with Crippen molar-refractivity contribution >= 4 is 11.6 Å². The number of hydrogen-bond donors (Lipinski definition) is 3. The van der Waals surface area contributed by atoms with E-state index in [2.05, 4.69) is 36.5 Å². The maximum atomic E-state index is 12.3. The topological polar surface area (TPSA) is 47.2 Å². The summed E-state index contributed by atoms with van der Waals surface area (Å²) in [4.78, 5) is 15.3. The van der Waals surface area contributed by atoms with E-state index in [0.717, 1.165) is 44.2 Å². The standard InChI is InChI=1S/C22H29N3O2/c1-3-27-21-9-7-20(8-10-21)23-22(26)17-25-13-11-24(12-14-25)16-19-6-4-5-18(2)15-19/h4-10,15H,3,11-14,16-17H2,1-2H3,(H,23,26)/p+2. The highest BCUT2D eigenvalue weighted by Crippen LogP contribution is 2.15. The van der Waals surface area contributed by atoms with Gasteiger partial charge in [-0.3, -0.25) is 4.79 Å². The molecular formula is C22H31N3O2+2. The molecule has 2 aromatic rings. The van der Waals surface area contributed by atoms with Crippen LogP contribution in [-0.4, -0.2) is 45.2 Å². The molecule has 0 aliphatic carbocycles. The van der Waals surface area contributed by atoms with Gasteiger partial charge in [-0.1, -0.05) is 29.8 Å². The molecule has 5 heteroatoms. The number of quaternary nitrogens is 2. The predicted octanol–water partition coefficient (Wildman–Crippen LogP) is 0.316. The molecule has 0 aromatic heterocycles. The molecule has 0 spiro atoms. The minimum atomic E-state index is 0.0799. The van der Waals surface area contributed by atoms with Crippen LogP contribution in [0.4, 0.5) is 5.69 Å². The van der Waals surface area contributed by atoms with E-state index in [1.54, 1.807) is 4.90 Å². The van der Waals surface area contributed by atoms with Gasteiger partial charge in [0, 0.05) is 11.3 Å². The molecule has 0 radical (unpaired) electrons. The molecule has 1 amide bonds. The van der Waals surface area contributed by atoms with Gasteiger partial charge in [-0.05, 0) is 38.1 Å². The SMILES string of the molecule is CCOc1ccc(NC(=O)C[NH+]2CC[NH+](Cc3cccc(C)c3)CC2)cc1. The van der Waals surface area contributed by atoms with E-state index in [1.807, 2.05) is 31.2 Å². The quantitative estimate of drug-likeness (QED) is 0.658. The number of hydrogen-bond acceptors (Lipinski definition) is 2. The molecule has 0 atom stereocenters. The first kappa shape index (κ1) is 19.4. The Hall–Kier alpha value is -2.37. The first-order chi connectivity index (χ1) is 13.1. The number of carbonyl (C=O) groups is 1. The summed E-state index contributed by atoms with van der Waals surface area (Å²) in [7, 11) is 0. The highest BCUT2D eigenvalue weighted by molar-refractivity contribution is 5.91. The summed E-state index contributed by atoms with van der Waals surface area (Å²) in [5.74, 6) is 0.908. The van der Waals surface area contributed by atoms with Crippen LogP contribution in [0.3, 0.4) is 0 Å². The Balaban J connectivity index is 1.41. The van der Waals surface area contributed by atoms with E-state index in [1.165, 1.54) is 16.0 Å². The van der Waals surface area contributed by atoms with Crippen LogP contribution in [0.15, 0.2) is 48.5 Å². The van der Waals surface area contributed by atoms with E-state index in [9.17, 15) is 4.79 Å². The van der Waals surface area contributed by atoms with Crippen LogP contribution in [0.2, 0.25) is 0 Å². The summed E-state index contributed by atoms with van der Waals surface area (Å²) in [6.07, 6.45) is 0. The lowest BCUT2D eigenvalue weighted by molar-refractivity contribution is -1.02. The van der Waals surface area contributed by atoms with Crippen molar-refractivity contribution in [1.82, 2.24) is 0 Å². The largest absolute Gasteiger partial charge is 0.494 e. The van der Waals surface area contributed by atoms with Gasteiger partial charge in [0.05, 0.1) is 6.61 Å². The number of anilines is 1. The van der Waals surface area contributed by atoms with Crippen LogP contribution >= 0.6 is 0 Å². The Bertz CT molecular complexity index is 737. The van der Waals surface area contributed by atoms with Gasteiger partial charge in [0.15, 0.2) is 6.54 Å². The van der Waals surface area contributed by atoms with Crippen molar-refractivity contribution in [2.75, 3.05) is 44.6 Å². The maximum absolute atomic E-state index is 12.3. The number of aryl methyl sites for hydroxylation is 1. The molecule has 0 unspecified atom stereocenters. The summed E-state index contributed by atoms with van der Waals surface area (Å²) in [6.45, 7) is 10.7. The summed E-state index contributed by atoms with van der Waals surface area (Å²) < 4.78 is 5.43. The fourth-order valence-corrected chi connectivity index (χ4v) is 3.65. The Morgan fingerprint density at radius 3 is 2.41 bits per heavy atom. The van der Waals surface area contributed by atoms with Crippen molar-refractivity contribution in [1.29, 1.82) is 0 Å². The van der Waals surface area contributed by atoms with Gasteiger partial charge < -0.3 is 19.9 Å². The average molecular weight is 370 g/mol. The molecule has 1 fully saturated rings. The molecule has 1 aliphatic heterocycles. The van der Waals surface area contributed by atoms with Crippen molar-refractivity contribution in [3.8, 4) is 5.75 Å². The van der Waals surface area contributed by atoms with Crippen molar-refractivity contribution in [2.45, 2.75) is 20.4 Å². The zero-order valence-electron chi connectivity index (χ0n) is 16.4. The van der Waals surface area contributed by atoms with Crippen molar-refractivity contribution in [3.05, 3.63) is 59.7 Å². The third-order valence-electron chi connectivity index (χ3n) is 5.06. The smallest absolute Gasteiger partial charge is 0.279 e. The van der Waals surface area contributed by atoms with Crippen LogP contribution in [0.5, 0.6) is 5.75 Å². The number of rotatable bonds is 7. The average Bonchev–Trinajstić information content (AvgIpc) is 2.65. The molecule has 2 aromatic carbocycles. The number of nitrogens with one attached hydrogen (secondary N) is 3. The summed E-state index contributed by atoms with van der Waals surface area (Å²) in [6, 6.07) is 16.3. The number of ether oxygens (including phenoxy) is 1. The summed E-state index contributed by atoms with van der Waals surface area (Å²) in [5, 5.41) is 2.99. The number of benzene rings is 2. The minimum Gasteiger partial charge on any atom is -0.494 e. The van der Waals surface area contributed by atoms with Gasteiger partial charge in [-0.15, -0.1) is 0 Å². The Labute approximate surface area is 161 Å². The van der Waals surface area contributed by atoms with Gasteiger partial charge in [0.1, 0.15) is 38.5 Å². The molecule has 1 saturated heterocycles. The normalized spacial score (nSPS) is 19.5. The lowest BCUT2D eigenvalue weighted by atomic mass is 10.1. The molecule has 3 N–H and O–H groups in total. The van der Waals surface area contributed by atoms with Crippen LogP contribution < -0.4 is 19.9 Å². The molecule has 0 saturated carbocycles. The molecule has 3 rings (SSSR count). The van der Waals surface area contributed by atoms with E-state index < -0.39 is 0 Å². The Kier molecular flexibility index (Phi) is 6.85. The second-order valence-electron chi connectivity index (χ2n) is 7.35. The fourth-order valence-electron chi connectivity index (χ4n) is 3.65. The zero-order valence-corrected chi connectivity index (χ0v) is 16.4. The molecule has 1 aliphatic rings. The molecule has 27 heavy (non-hydrogen) atoms. The second kappa shape index (κ2) is 9.53. The third kappa shape index (κ3) is 6.08. The molecular weight excluding hydrogens is 338 g/mol. The van der Waals surface area contributed by atoms with E-state index >= 15 is 0 Å². The van der Waals surface area contributed by atoms with Crippen LogP contribution in [-0.2, 0) is 11.3 Å². The monoisotopic (exact) mass is 369 g/mol. The lowest BCUT2D eigenvalue weighted by Gasteiger charge is -2.29. The Morgan fingerprint density at radius 2 is 1.74 bits per heavy atom. The molecule has 1 heterocycles. The van der Waals surface area contributed by atoms with E-state index in [0.29, 0.717) is 13.2 Å². The molecule has 144 valence electrons. The van der Waals surface area contributed by atoms with Crippen molar-refractivity contribution < 1.29 is 19.3 Å². The zero-order chi connectivity index (χ0) is 19.1. The number of amides is 1. The molecule has 5 nitrogen and oxygen atoms in total. The first-order valence-electron chi connectivity index (χ1n) is 9.88. The predicted molar refractivity (Wildman–Crippen MR) is 107 cm³/mol. The van der Waals surface area contributed by atoms with Gasteiger partial charge >= 0.3 is 0 Å². The molecule has 0 bridgehead atoms. The van der Waals surface area contributed by atoms with Gasteiger partial charge in [0.25, 0.3) is 5.91 Å². The third-order valence-corrected chi connectivity index (χ3v) is 5.06. The highest BCUT2D eigenvalue weighted by atomic mass is 16.5.